The van der Waals surface area contributed by atoms with Gasteiger partial charge in [-0.3, -0.25) is 0 Å². The van der Waals surface area contributed by atoms with Gasteiger partial charge < -0.3 is 5.11 Å². The molecule has 0 amide bonds. The van der Waals surface area contributed by atoms with Crippen LogP contribution in [0.2, 0.25) is 0 Å². The SMILES string of the molecule is CC(C)CCCCCC1CCCCC1(C)O. The van der Waals surface area contributed by atoms with Crippen molar-refractivity contribution in [2.45, 2.75) is 84.2 Å². The molecule has 1 rings (SSSR count). The van der Waals surface area contributed by atoms with Crippen LogP contribution in [0.25, 0.3) is 0 Å². The molecule has 2 unspecified atom stereocenters. The molecule has 1 saturated carbocycles. The Bertz CT molecular complexity index is 184. The van der Waals surface area contributed by atoms with Crippen LogP contribution >= 0.6 is 0 Å². The van der Waals surface area contributed by atoms with Crippen molar-refractivity contribution < 1.29 is 5.11 Å². The van der Waals surface area contributed by atoms with E-state index in [1.54, 1.807) is 0 Å². The fourth-order valence-corrected chi connectivity index (χ4v) is 2.96. The summed E-state index contributed by atoms with van der Waals surface area (Å²) >= 11 is 0. The van der Waals surface area contributed by atoms with Crippen molar-refractivity contribution in [3.05, 3.63) is 0 Å². The normalized spacial score (nSPS) is 30.9. The van der Waals surface area contributed by atoms with E-state index in [0.29, 0.717) is 5.92 Å². The molecule has 0 bridgehead atoms. The predicted octanol–water partition coefficient (Wildman–Crippen LogP) is 4.53. The number of aliphatic hydroxyl groups is 1. The molecule has 1 heteroatoms. The van der Waals surface area contributed by atoms with E-state index in [0.717, 1.165) is 12.3 Å². The summed E-state index contributed by atoms with van der Waals surface area (Å²) in [4.78, 5) is 0. The van der Waals surface area contributed by atoms with Gasteiger partial charge in [-0.25, -0.2) is 0 Å². The second-order valence-electron chi connectivity index (χ2n) is 6.33. The largest absolute Gasteiger partial charge is 0.390 e. The molecular weight excluding hydrogens is 196 g/mol. The molecule has 0 saturated heterocycles. The lowest BCUT2D eigenvalue weighted by atomic mass is 9.74. The van der Waals surface area contributed by atoms with Gasteiger partial charge in [0.15, 0.2) is 0 Å². The first-order chi connectivity index (χ1) is 7.52. The van der Waals surface area contributed by atoms with Crippen molar-refractivity contribution >= 4 is 0 Å². The van der Waals surface area contributed by atoms with Crippen molar-refractivity contribution in [3.63, 3.8) is 0 Å². The van der Waals surface area contributed by atoms with Gasteiger partial charge in [0.25, 0.3) is 0 Å². The minimum atomic E-state index is -0.365. The van der Waals surface area contributed by atoms with E-state index in [1.807, 2.05) is 6.92 Å². The molecule has 0 aromatic heterocycles. The van der Waals surface area contributed by atoms with Crippen molar-refractivity contribution in [3.8, 4) is 0 Å². The quantitative estimate of drug-likeness (QED) is 0.660. The van der Waals surface area contributed by atoms with E-state index in [-0.39, 0.29) is 5.60 Å². The maximum atomic E-state index is 10.3. The monoisotopic (exact) mass is 226 g/mol. The van der Waals surface area contributed by atoms with Crippen LogP contribution in [0, 0.1) is 11.8 Å². The third-order valence-electron chi connectivity index (χ3n) is 4.20. The average molecular weight is 226 g/mol. The predicted molar refractivity (Wildman–Crippen MR) is 70.5 cm³/mol. The Labute approximate surface area is 102 Å². The van der Waals surface area contributed by atoms with Crippen LogP contribution in [0.5, 0.6) is 0 Å². The van der Waals surface area contributed by atoms with Gasteiger partial charge in [0.05, 0.1) is 5.60 Å². The Morgan fingerprint density at radius 1 is 1.19 bits per heavy atom. The Hall–Kier alpha value is -0.0400. The first-order valence-corrected chi connectivity index (χ1v) is 7.25. The van der Waals surface area contributed by atoms with E-state index in [4.69, 9.17) is 0 Å². The summed E-state index contributed by atoms with van der Waals surface area (Å²) in [5.74, 6) is 1.41. The molecule has 1 fully saturated rings. The molecule has 1 N–H and O–H groups in total. The first-order valence-electron chi connectivity index (χ1n) is 7.25. The summed E-state index contributed by atoms with van der Waals surface area (Å²) in [5.41, 5.74) is -0.365. The molecule has 1 nitrogen and oxygen atoms in total. The summed E-state index contributed by atoms with van der Waals surface area (Å²) in [5, 5.41) is 10.3. The van der Waals surface area contributed by atoms with Crippen LogP contribution in [0.15, 0.2) is 0 Å². The summed E-state index contributed by atoms with van der Waals surface area (Å²) < 4.78 is 0. The van der Waals surface area contributed by atoms with Crippen LogP contribution in [0.1, 0.15) is 78.6 Å². The lowest BCUT2D eigenvalue weighted by Gasteiger charge is -2.37. The maximum absolute atomic E-state index is 10.3. The molecule has 0 aromatic carbocycles. The number of rotatable bonds is 6. The molecule has 2 atom stereocenters. The zero-order valence-corrected chi connectivity index (χ0v) is 11.5. The Morgan fingerprint density at radius 2 is 1.94 bits per heavy atom. The van der Waals surface area contributed by atoms with Gasteiger partial charge >= 0.3 is 0 Å². The molecule has 0 aliphatic heterocycles. The Morgan fingerprint density at radius 3 is 2.56 bits per heavy atom. The highest BCUT2D eigenvalue weighted by Gasteiger charge is 2.33. The highest BCUT2D eigenvalue weighted by atomic mass is 16.3. The fourth-order valence-electron chi connectivity index (χ4n) is 2.96. The van der Waals surface area contributed by atoms with Crippen LogP contribution < -0.4 is 0 Å². The molecule has 0 aromatic rings. The second kappa shape index (κ2) is 6.64. The topological polar surface area (TPSA) is 20.2 Å². The molecule has 1 aliphatic carbocycles. The minimum absolute atomic E-state index is 0.365. The van der Waals surface area contributed by atoms with E-state index < -0.39 is 0 Å². The maximum Gasteiger partial charge on any atom is 0.0647 e. The average Bonchev–Trinajstić information content (AvgIpc) is 2.19. The Kier molecular flexibility index (Phi) is 5.82. The van der Waals surface area contributed by atoms with Crippen LogP contribution in [-0.2, 0) is 0 Å². The van der Waals surface area contributed by atoms with Gasteiger partial charge in [0.2, 0.25) is 0 Å². The van der Waals surface area contributed by atoms with E-state index >= 15 is 0 Å². The Balaban J connectivity index is 2.11. The number of unbranched alkanes of at least 4 members (excludes halogenated alkanes) is 2. The molecular formula is C15H30O. The highest BCUT2D eigenvalue weighted by molar-refractivity contribution is 4.85. The zero-order chi connectivity index (χ0) is 12.0. The van der Waals surface area contributed by atoms with Gasteiger partial charge in [-0.2, -0.15) is 0 Å². The molecule has 0 radical (unpaired) electrons. The van der Waals surface area contributed by atoms with E-state index in [2.05, 4.69) is 13.8 Å². The molecule has 0 spiro atoms. The van der Waals surface area contributed by atoms with Crippen LogP contribution in [0.4, 0.5) is 0 Å². The summed E-state index contributed by atoms with van der Waals surface area (Å²) in [6, 6.07) is 0. The van der Waals surface area contributed by atoms with Crippen molar-refractivity contribution in [2.75, 3.05) is 0 Å². The molecule has 96 valence electrons. The van der Waals surface area contributed by atoms with Crippen molar-refractivity contribution in [1.82, 2.24) is 0 Å². The van der Waals surface area contributed by atoms with E-state index in [9.17, 15) is 5.11 Å². The van der Waals surface area contributed by atoms with Gasteiger partial charge in [-0.05, 0) is 38.0 Å². The zero-order valence-electron chi connectivity index (χ0n) is 11.5. The minimum Gasteiger partial charge on any atom is -0.390 e. The highest BCUT2D eigenvalue weighted by Crippen LogP contribution is 2.36. The van der Waals surface area contributed by atoms with Crippen molar-refractivity contribution in [2.24, 2.45) is 11.8 Å². The lowest BCUT2D eigenvalue weighted by Crippen LogP contribution is -2.37. The van der Waals surface area contributed by atoms with Crippen LogP contribution in [-0.4, -0.2) is 10.7 Å². The summed E-state index contributed by atoms with van der Waals surface area (Å²) in [6.45, 7) is 6.64. The van der Waals surface area contributed by atoms with Gasteiger partial charge in [-0.1, -0.05) is 52.4 Å². The number of hydrogen-bond donors (Lipinski definition) is 1. The van der Waals surface area contributed by atoms with Gasteiger partial charge in [-0.15, -0.1) is 0 Å². The van der Waals surface area contributed by atoms with Crippen LogP contribution in [0.3, 0.4) is 0 Å². The van der Waals surface area contributed by atoms with Gasteiger partial charge in [0.1, 0.15) is 0 Å². The summed E-state index contributed by atoms with van der Waals surface area (Å²) in [7, 11) is 0. The lowest BCUT2D eigenvalue weighted by molar-refractivity contribution is -0.0357. The smallest absolute Gasteiger partial charge is 0.0647 e. The van der Waals surface area contributed by atoms with E-state index in [1.165, 1.54) is 51.4 Å². The fraction of sp³-hybridized carbons (Fsp3) is 1.00. The standard InChI is InChI=1S/C15H30O/c1-13(2)9-5-4-6-10-14-11-7-8-12-15(14,3)16/h13-14,16H,4-12H2,1-3H3. The third-order valence-corrected chi connectivity index (χ3v) is 4.20. The molecule has 0 heterocycles. The van der Waals surface area contributed by atoms with Gasteiger partial charge in [0, 0.05) is 0 Å². The second-order valence-corrected chi connectivity index (χ2v) is 6.33. The molecule has 1 aliphatic rings. The number of hydrogen-bond acceptors (Lipinski definition) is 1. The van der Waals surface area contributed by atoms with Crippen molar-refractivity contribution in [1.29, 1.82) is 0 Å². The third kappa shape index (κ3) is 4.86. The molecule has 16 heavy (non-hydrogen) atoms. The first kappa shape index (κ1) is 14.0. The summed E-state index contributed by atoms with van der Waals surface area (Å²) in [6.07, 6.45) is 11.4.